The molecule has 22 heavy (non-hydrogen) atoms. The summed E-state index contributed by atoms with van der Waals surface area (Å²) in [6.07, 6.45) is -1.94. The van der Waals surface area contributed by atoms with Crippen LogP contribution in [-0.4, -0.2) is 32.6 Å². The molecule has 0 bridgehead atoms. The largest absolute Gasteiger partial charge is 0.434 e. The second-order valence-electron chi connectivity index (χ2n) is 4.27. The molecule has 0 unspecified atom stereocenters. The highest BCUT2D eigenvalue weighted by Crippen LogP contribution is 2.36. The van der Waals surface area contributed by atoms with Gasteiger partial charge < -0.3 is 10.1 Å². The zero-order chi connectivity index (χ0) is 16.5. The van der Waals surface area contributed by atoms with Gasteiger partial charge in [-0.3, -0.25) is 9.48 Å². The standard InChI is InChI=1S/C11H11ClF3N5O2/c1-19-9(11(13,14)15)7(12)8(18-19)10(21)17-6-3-16-20(4-6)5-22-2/h3-4H,5H2,1-2H3,(H,17,21). The van der Waals surface area contributed by atoms with Gasteiger partial charge >= 0.3 is 6.18 Å². The Kier molecular flexibility index (Phi) is 4.42. The van der Waals surface area contributed by atoms with Gasteiger partial charge in [-0.2, -0.15) is 23.4 Å². The zero-order valence-electron chi connectivity index (χ0n) is 11.5. The number of amides is 1. The topological polar surface area (TPSA) is 74.0 Å². The highest BCUT2D eigenvalue weighted by Gasteiger charge is 2.40. The molecule has 7 nitrogen and oxygen atoms in total. The Bertz CT molecular complexity index is 694. The minimum Gasteiger partial charge on any atom is -0.362 e. The van der Waals surface area contributed by atoms with Crippen molar-refractivity contribution in [3.63, 3.8) is 0 Å². The van der Waals surface area contributed by atoms with Crippen molar-refractivity contribution in [1.29, 1.82) is 0 Å². The van der Waals surface area contributed by atoms with Crippen molar-refractivity contribution >= 4 is 23.2 Å². The summed E-state index contributed by atoms with van der Waals surface area (Å²) in [4.78, 5) is 12.0. The van der Waals surface area contributed by atoms with Crippen molar-refractivity contribution in [2.24, 2.45) is 7.05 Å². The molecule has 0 spiro atoms. The molecule has 0 saturated heterocycles. The normalized spacial score (nSPS) is 11.7. The number of methoxy groups -OCH3 is 1. The maximum Gasteiger partial charge on any atom is 0.434 e. The minimum atomic E-state index is -4.71. The van der Waals surface area contributed by atoms with E-state index in [2.05, 4.69) is 15.5 Å². The van der Waals surface area contributed by atoms with Crippen LogP contribution in [0.15, 0.2) is 12.4 Å². The Balaban J connectivity index is 2.23. The van der Waals surface area contributed by atoms with E-state index in [9.17, 15) is 18.0 Å². The van der Waals surface area contributed by atoms with Gasteiger partial charge in [-0.25, -0.2) is 4.68 Å². The number of nitrogens with one attached hydrogen (secondary N) is 1. The number of alkyl halides is 3. The summed E-state index contributed by atoms with van der Waals surface area (Å²) in [7, 11) is 2.52. The Morgan fingerprint density at radius 2 is 2.18 bits per heavy atom. The van der Waals surface area contributed by atoms with Gasteiger partial charge in [0.25, 0.3) is 5.91 Å². The molecule has 2 aromatic rings. The van der Waals surface area contributed by atoms with E-state index >= 15 is 0 Å². The molecule has 2 aromatic heterocycles. The third-order valence-corrected chi connectivity index (χ3v) is 2.98. The van der Waals surface area contributed by atoms with Crippen LogP contribution in [0.5, 0.6) is 0 Å². The van der Waals surface area contributed by atoms with E-state index in [0.29, 0.717) is 4.68 Å². The maximum atomic E-state index is 12.8. The molecule has 0 saturated carbocycles. The van der Waals surface area contributed by atoms with Crippen molar-refractivity contribution in [3.05, 3.63) is 28.8 Å². The molecule has 0 aliphatic carbocycles. The summed E-state index contributed by atoms with van der Waals surface area (Å²) in [5.41, 5.74) is -1.43. The van der Waals surface area contributed by atoms with E-state index in [-0.39, 0.29) is 12.4 Å². The molecular formula is C11H11ClF3N5O2. The van der Waals surface area contributed by atoms with Gasteiger partial charge in [0.2, 0.25) is 0 Å². The molecule has 0 aliphatic heterocycles. The molecule has 0 aliphatic rings. The summed E-state index contributed by atoms with van der Waals surface area (Å²) in [6, 6.07) is 0. The average molecular weight is 338 g/mol. The first kappa shape index (κ1) is 16.3. The molecule has 2 heterocycles. The van der Waals surface area contributed by atoms with Crippen LogP contribution >= 0.6 is 11.6 Å². The van der Waals surface area contributed by atoms with Gasteiger partial charge in [0.15, 0.2) is 11.4 Å². The zero-order valence-corrected chi connectivity index (χ0v) is 12.2. The van der Waals surface area contributed by atoms with Crippen LogP contribution in [0.4, 0.5) is 18.9 Å². The molecule has 11 heteroatoms. The summed E-state index contributed by atoms with van der Waals surface area (Å²) < 4.78 is 45.1. The van der Waals surface area contributed by atoms with Crippen molar-refractivity contribution in [2.75, 3.05) is 12.4 Å². The SMILES string of the molecule is COCn1cc(NC(=O)c2nn(C)c(C(F)(F)F)c2Cl)cn1. The number of halogens is 4. The number of aromatic nitrogens is 4. The lowest BCUT2D eigenvalue weighted by Gasteiger charge is -2.06. The van der Waals surface area contributed by atoms with Gasteiger partial charge in [0.05, 0.1) is 18.1 Å². The third-order valence-electron chi connectivity index (χ3n) is 2.63. The van der Waals surface area contributed by atoms with Crippen molar-refractivity contribution in [3.8, 4) is 0 Å². The van der Waals surface area contributed by atoms with Crippen LogP contribution < -0.4 is 5.32 Å². The number of aryl methyl sites for hydroxylation is 1. The van der Waals surface area contributed by atoms with E-state index in [4.69, 9.17) is 16.3 Å². The van der Waals surface area contributed by atoms with Gasteiger partial charge in [-0.05, 0) is 0 Å². The fourth-order valence-electron chi connectivity index (χ4n) is 1.77. The molecule has 1 N–H and O–H groups in total. The van der Waals surface area contributed by atoms with Crippen LogP contribution in [0.1, 0.15) is 16.2 Å². The van der Waals surface area contributed by atoms with Gasteiger partial charge in [0, 0.05) is 14.2 Å². The monoisotopic (exact) mass is 337 g/mol. The number of rotatable bonds is 4. The predicted molar refractivity (Wildman–Crippen MR) is 70.4 cm³/mol. The Hall–Kier alpha value is -2.07. The first-order valence-corrected chi connectivity index (χ1v) is 6.24. The number of ether oxygens (including phenoxy) is 1. The minimum absolute atomic E-state index is 0.165. The van der Waals surface area contributed by atoms with Crippen molar-refractivity contribution in [1.82, 2.24) is 19.6 Å². The quantitative estimate of drug-likeness (QED) is 0.927. The summed E-state index contributed by atoms with van der Waals surface area (Å²) in [5, 5.41) is 9.00. The number of hydrogen-bond acceptors (Lipinski definition) is 4. The summed E-state index contributed by atoms with van der Waals surface area (Å²) in [5.74, 6) is -0.868. The smallest absolute Gasteiger partial charge is 0.362 e. The maximum absolute atomic E-state index is 12.8. The lowest BCUT2D eigenvalue weighted by atomic mass is 10.3. The number of nitrogens with zero attached hydrogens (tertiary/aromatic N) is 4. The first-order valence-electron chi connectivity index (χ1n) is 5.86. The Morgan fingerprint density at radius 3 is 2.73 bits per heavy atom. The van der Waals surface area contributed by atoms with E-state index in [1.807, 2.05) is 0 Å². The highest BCUT2D eigenvalue weighted by atomic mass is 35.5. The fourth-order valence-corrected chi connectivity index (χ4v) is 2.13. The van der Waals surface area contributed by atoms with Crippen molar-refractivity contribution in [2.45, 2.75) is 12.9 Å². The second-order valence-corrected chi connectivity index (χ2v) is 4.65. The molecule has 0 fully saturated rings. The van der Waals surface area contributed by atoms with Crippen LogP contribution in [0, 0.1) is 0 Å². The Labute approximate surface area is 127 Å². The molecule has 1 amide bonds. The first-order chi connectivity index (χ1) is 10.2. The molecule has 120 valence electrons. The van der Waals surface area contributed by atoms with E-state index in [0.717, 1.165) is 7.05 Å². The van der Waals surface area contributed by atoms with E-state index in [1.165, 1.54) is 24.2 Å². The number of anilines is 1. The van der Waals surface area contributed by atoms with Gasteiger partial charge in [-0.1, -0.05) is 11.6 Å². The van der Waals surface area contributed by atoms with Gasteiger partial charge in [-0.15, -0.1) is 0 Å². The van der Waals surface area contributed by atoms with Crippen LogP contribution in [-0.2, 0) is 24.7 Å². The lowest BCUT2D eigenvalue weighted by molar-refractivity contribution is -0.143. The van der Waals surface area contributed by atoms with Crippen LogP contribution in [0.25, 0.3) is 0 Å². The highest BCUT2D eigenvalue weighted by molar-refractivity contribution is 6.34. The second kappa shape index (κ2) is 5.97. The summed E-state index contributed by atoms with van der Waals surface area (Å²) >= 11 is 5.63. The summed E-state index contributed by atoms with van der Waals surface area (Å²) in [6.45, 7) is 0.165. The third kappa shape index (κ3) is 3.22. The predicted octanol–water partition coefficient (Wildman–Crippen LogP) is 2.14. The number of hydrogen-bond donors (Lipinski definition) is 1. The van der Waals surface area contributed by atoms with E-state index in [1.54, 1.807) is 0 Å². The number of carbonyl (C=O) groups excluding carboxylic acids is 1. The van der Waals surface area contributed by atoms with Crippen LogP contribution in [0.2, 0.25) is 5.02 Å². The van der Waals surface area contributed by atoms with Crippen LogP contribution in [0.3, 0.4) is 0 Å². The molecule has 0 aromatic carbocycles. The molecular weight excluding hydrogens is 327 g/mol. The number of carbonyl (C=O) groups is 1. The molecule has 0 radical (unpaired) electrons. The lowest BCUT2D eigenvalue weighted by Crippen LogP contribution is -2.13. The van der Waals surface area contributed by atoms with Gasteiger partial charge in [0.1, 0.15) is 11.8 Å². The fraction of sp³-hybridized carbons (Fsp3) is 0.364. The molecule has 0 atom stereocenters. The van der Waals surface area contributed by atoms with Crippen molar-refractivity contribution < 1.29 is 22.7 Å². The Morgan fingerprint density at radius 1 is 1.50 bits per heavy atom. The molecule has 2 rings (SSSR count). The van der Waals surface area contributed by atoms with E-state index < -0.39 is 28.5 Å². The average Bonchev–Trinajstić information content (AvgIpc) is 2.93.